The van der Waals surface area contributed by atoms with E-state index in [-0.39, 0.29) is 18.6 Å². The smallest absolute Gasteiger partial charge is 0.336 e. The van der Waals surface area contributed by atoms with Crippen LogP contribution in [0.1, 0.15) is 23.6 Å². The molecule has 0 saturated carbocycles. The first-order valence-electron chi connectivity index (χ1n) is 8.78. The molecule has 1 aliphatic heterocycles. The second-order valence-electron chi connectivity index (χ2n) is 6.49. The van der Waals surface area contributed by atoms with Gasteiger partial charge in [0.15, 0.2) is 6.61 Å². The highest BCUT2D eigenvalue weighted by Gasteiger charge is 2.22. The number of aryl methyl sites for hydroxylation is 1. The van der Waals surface area contributed by atoms with Crippen LogP contribution in [0, 0.1) is 6.92 Å². The summed E-state index contributed by atoms with van der Waals surface area (Å²) in [6, 6.07) is 14.9. The summed E-state index contributed by atoms with van der Waals surface area (Å²) in [7, 11) is 0. The molecule has 6 heteroatoms. The van der Waals surface area contributed by atoms with Crippen molar-refractivity contribution in [1.29, 1.82) is 0 Å². The first kappa shape index (κ1) is 17.7. The molecule has 2 heterocycles. The summed E-state index contributed by atoms with van der Waals surface area (Å²) in [4.78, 5) is 25.1. The monoisotopic (exact) mass is 381 g/mol. The number of hydrogen-bond donors (Lipinski definition) is 1. The van der Waals surface area contributed by atoms with Gasteiger partial charge < -0.3 is 14.5 Å². The Labute approximate surface area is 160 Å². The second-order valence-corrected chi connectivity index (χ2v) is 7.63. The Morgan fingerprint density at radius 1 is 1.26 bits per heavy atom. The molecule has 1 N–H and O–H groups in total. The van der Waals surface area contributed by atoms with Gasteiger partial charge in [-0.25, -0.2) is 4.79 Å². The first-order valence-corrected chi connectivity index (χ1v) is 9.77. The van der Waals surface area contributed by atoms with E-state index in [1.165, 1.54) is 11.0 Å². The van der Waals surface area contributed by atoms with E-state index in [4.69, 9.17) is 9.15 Å². The van der Waals surface area contributed by atoms with Gasteiger partial charge >= 0.3 is 5.63 Å². The number of nitrogens with one attached hydrogen (secondary N) is 1. The van der Waals surface area contributed by atoms with E-state index in [1.54, 1.807) is 12.1 Å². The third kappa shape index (κ3) is 3.85. The van der Waals surface area contributed by atoms with Crippen molar-refractivity contribution in [3.63, 3.8) is 0 Å². The summed E-state index contributed by atoms with van der Waals surface area (Å²) in [6.07, 6.45) is 0.897. The molecule has 1 amide bonds. The molecule has 0 fully saturated rings. The Morgan fingerprint density at radius 2 is 2.11 bits per heavy atom. The summed E-state index contributed by atoms with van der Waals surface area (Å²) in [6.45, 7) is 1.76. The predicted molar refractivity (Wildman–Crippen MR) is 105 cm³/mol. The highest BCUT2D eigenvalue weighted by Crippen LogP contribution is 2.35. The number of benzene rings is 2. The van der Waals surface area contributed by atoms with Crippen LogP contribution in [0.4, 0.5) is 0 Å². The predicted octanol–water partition coefficient (Wildman–Crippen LogP) is 3.83. The SMILES string of the molecule is Cc1cc(=O)oc2cc(OCC(=O)N[C@H]3CCSc4ccccc43)ccc12. The molecule has 3 aromatic rings. The van der Waals surface area contributed by atoms with Crippen molar-refractivity contribution < 1.29 is 13.9 Å². The van der Waals surface area contributed by atoms with Crippen LogP contribution >= 0.6 is 11.8 Å². The minimum atomic E-state index is -0.399. The highest BCUT2D eigenvalue weighted by molar-refractivity contribution is 7.99. The van der Waals surface area contributed by atoms with Gasteiger partial charge in [-0.05, 0) is 42.7 Å². The minimum Gasteiger partial charge on any atom is -0.484 e. The van der Waals surface area contributed by atoms with Crippen molar-refractivity contribution in [2.45, 2.75) is 24.3 Å². The Balaban J connectivity index is 1.43. The number of rotatable bonds is 4. The molecule has 5 nitrogen and oxygen atoms in total. The Bertz CT molecular complexity index is 1060. The molecule has 1 aromatic heterocycles. The van der Waals surface area contributed by atoms with Gasteiger partial charge in [-0.1, -0.05) is 18.2 Å². The van der Waals surface area contributed by atoms with Crippen LogP contribution in [0.25, 0.3) is 11.0 Å². The molecule has 0 aliphatic carbocycles. The van der Waals surface area contributed by atoms with Crippen molar-refractivity contribution in [2.75, 3.05) is 12.4 Å². The van der Waals surface area contributed by atoms with Gasteiger partial charge in [0.1, 0.15) is 11.3 Å². The van der Waals surface area contributed by atoms with Crippen molar-refractivity contribution in [1.82, 2.24) is 5.32 Å². The van der Waals surface area contributed by atoms with Gasteiger partial charge in [0.2, 0.25) is 0 Å². The number of amides is 1. The van der Waals surface area contributed by atoms with Crippen LogP contribution in [0.15, 0.2) is 62.6 Å². The van der Waals surface area contributed by atoms with Crippen molar-refractivity contribution in [2.24, 2.45) is 0 Å². The van der Waals surface area contributed by atoms with E-state index >= 15 is 0 Å². The summed E-state index contributed by atoms with van der Waals surface area (Å²) in [5.41, 5.74) is 2.06. The summed E-state index contributed by atoms with van der Waals surface area (Å²) >= 11 is 1.81. The maximum atomic E-state index is 12.3. The van der Waals surface area contributed by atoms with E-state index in [1.807, 2.05) is 36.9 Å². The van der Waals surface area contributed by atoms with Gasteiger partial charge in [0, 0.05) is 28.2 Å². The molecule has 0 radical (unpaired) electrons. The van der Waals surface area contributed by atoms with Crippen LogP contribution in [0.3, 0.4) is 0 Å². The van der Waals surface area contributed by atoms with Gasteiger partial charge in [0.05, 0.1) is 6.04 Å². The number of hydrogen-bond acceptors (Lipinski definition) is 5. The summed E-state index contributed by atoms with van der Waals surface area (Å²) in [5, 5.41) is 3.90. The molecular formula is C21H19NO4S. The van der Waals surface area contributed by atoms with Gasteiger partial charge in [-0.2, -0.15) is 0 Å². The van der Waals surface area contributed by atoms with Gasteiger partial charge in [-0.15, -0.1) is 11.8 Å². The molecule has 138 valence electrons. The fourth-order valence-corrected chi connectivity index (χ4v) is 4.40. The van der Waals surface area contributed by atoms with Crippen molar-refractivity contribution >= 4 is 28.6 Å². The highest BCUT2D eigenvalue weighted by atomic mass is 32.2. The zero-order chi connectivity index (χ0) is 18.8. The average molecular weight is 381 g/mol. The van der Waals surface area contributed by atoms with Gasteiger partial charge in [0.25, 0.3) is 5.91 Å². The van der Waals surface area contributed by atoms with E-state index in [9.17, 15) is 9.59 Å². The normalized spacial score (nSPS) is 16.0. The lowest BCUT2D eigenvalue weighted by atomic mass is 10.0. The van der Waals surface area contributed by atoms with Crippen molar-refractivity contribution in [3.8, 4) is 5.75 Å². The molecular weight excluding hydrogens is 362 g/mol. The topological polar surface area (TPSA) is 68.5 Å². The molecule has 4 rings (SSSR count). The Hall–Kier alpha value is -2.73. The van der Waals surface area contributed by atoms with Crippen LogP contribution in [-0.4, -0.2) is 18.3 Å². The molecule has 0 spiro atoms. The Morgan fingerprint density at radius 3 is 3.00 bits per heavy atom. The average Bonchev–Trinajstić information content (AvgIpc) is 2.66. The van der Waals surface area contributed by atoms with E-state index in [0.29, 0.717) is 11.3 Å². The summed E-state index contributed by atoms with van der Waals surface area (Å²) in [5.74, 6) is 1.30. The lowest BCUT2D eigenvalue weighted by Gasteiger charge is -2.25. The molecule has 1 aliphatic rings. The zero-order valence-corrected chi connectivity index (χ0v) is 15.7. The number of carbonyl (C=O) groups is 1. The van der Waals surface area contributed by atoms with E-state index in [2.05, 4.69) is 17.4 Å². The lowest BCUT2D eigenvalue weighted by Crippen LogP contribution is -2.34. The van der Waals surface area contributed by atoms with Crippen LogP contribution < -0.4 is 15.7 Å². The van der Waals surface area contributed by atoms with E-state index in [0.717, 1.165) is 28.7 Å². The minimum absolute atomic E-state index is 0.0100. The van der Waals surface area contributed by atoms with Gasteiger partial charge in [-0.3, -0.25) is 4.79 Å². The third-order valence-corrected chi connectivity index (χ3v) is 5.71. The molecule has 0 unspecified atom stereocenters. The fraction of sp³-hybridized carbons (Fsp3) is 0.238. The third-order valence-electron chi connectivity index (χ3n) is 4.59. The number of ether oxygens (including phenoxy) is 1. The lowest BCUT2D eigenvalue weighted by molar-refractivity contribution is -0.123. The zero-order valence-electron chi connectivity index (χ0n) is 14.9. The molecule has 1 atom stereocenters. The number of carbonyl (C=O) groups excluding carboxylic acids is 1. The van der Waals surface area contributed by atoms with Crippen molar-refractivity contribution in [3.05, 3.63) is 70.1 Å². The Kier molecular flexibility index (Phi) is 4.90. The molecule has 27 heavy (non-hydrogen) atoms. The number of fused-ring (bicyclic) bond motifs is 2. The van der Waals surface area contributed by atoms with Crippen LogP contribution in [0.5, 0.6) is 5.75 Å². The first-order chi connectivity index (χ1) is 13.1. The molecule has 0 saturated heterocycles. The molecule has 2 aromatic carbocycles. The fourth-order valence-electron chi connectivity index (χ4n) is 3.27. The molecule has 0 bridgehead atoms. The quantitative estimate of drug-likeness (QED) is 0.696. The maximum Gasteiger partial charge on any atom is 0.336 e. The largest absolute Gasteiger partial charge is 0.484 e. The maximum absolute atomic E-state index is 12.3. The van der Waals surface area contributed by atoms with Crippen LogP contribution in [0.2, 0.25) is 0 Å². The van der Waals surface area contributed by atoms with Crippen LogP contribution in [-0.2, 0) is 4.79 Å². The number of thioether (sulfide) groups is 1. The standard InChI is InChI=1S/C21H19NO4S/c1-13-10-21(24)26-18-11-14(6-7-15(13)18)25-12-20(23)22-17-8-9-27-19-5-3-2-4-16(17)19/h2-7,10-11,17H,8-9,12H2,1H3,(H,22,23)/t17-/m0/s1. The van der Waals surface area contributed by atoms with E-state index < -0.39 is 5.63 Å². The summed E-state index contributed by atoms with van der Waals surface area (Å²) < 4.78 is 10.8. The second kappa shape index (κ2) is 7.48.